The van der Waals surface area contributed by atoms with Crippen molar-refractivity contribution in [2.45, 2.75) is 6.17 Å². The average molecular weight is 136 g/mol. The van der Waals surface area contributed by atoms with Gasteiger partial charge in [-0.3, -0.25) is 10.6 Å². The van der Waals surface area contributed by atoms with Crippen molar-refractivity contribution in [3.8, 4) is 0 Å². The molecule has 0 aliphatic carbocycles. The Bertz CT molecular complexity index is 106. The molecule has 1 aliphatic rings. The summed E-state index contributed by atoms with van der Waals surface area (Å²) in [5, 5.41) is 8.21. The Balaban J connectivity index is 2.33. The summed E-state index contributed by atoms with van der Waals surface area (Å²) >= 11 is 0. The maximum absolute atomic E-state index is 8.21. The normalized spacial score (nSPS) is 41.0. The molecule has 1 rings (SSSR count). The molecular weight excluding hydrogens is 126 g/mol. The number of nitrogens with one attached hydrogen (secondary N) is 1. The summed E-state index contributed by atoms with van der Waals surface area (Å²) in [5.41, 5.74) is 7.72. The molecule has 1 saturated heterocycles. The first-order valence-corrected chi connectivity index (χ1v) is 2.52. The molecule has 0 bridgehead atoms. The lowest BCUT2D eigenvalue weighted by Gasteiger charge is -2.08. The first-order valence-electron chi connectivity index (χ1n) is 2.52. The van der Waals surface area contributed by atoms with Crippen LogP contribution in [-0.2, 0) is 9.83 Å². The van der Waals surface area contributed by atoms with Crippen LogP contribution in [0.4, 0.5) is 0 Å². The number of nitrogens with two attached hydrogens (primary N) is 1. The van der Waals surface area contributed by atoms with Crippen molar-refractivity contribution >= 4 is 0 Å². The van der Waals surface area contributed by atoms with Crippen LogP contribution in [0.1, 0.15) is 0 Å². The van der Waals surface area contributed by atoms with E-state index in [-0.39, 0.29) is 10.9 Å². The highest BCUT2D eigenvalue weighted by Gasteiger charge is 2.59. The van der Waals surface area contributed by atoms with Crippen LogP contribution in [-0.4, -0.2) is 29.8 Å². The minimum atomic E-state index is -0.241. The maximum Gasteiger partial charge on any atom is 0.249 e. The van der Waals surface area contributed by atoms with Gasteiger partial charge in [0, 0.05) is 0 Å². The van der Waals surface area contributed by atoms with Crippen molar-refractivity contribution in [3.05, 3.63) is 0 Å². The van der Waals surface area contributed by atoms with Crippen LogP contribution in [0.5, 0.6) is 0 Å². The Morgan fingerprint density at radius 1 is 1.89 bits per heavy atom. The molecule has 0 saturated carbocycles. The molecule has 2 unspecified atom stereocenters. The standard InChI is InChI=1S/C3H9N3O3/c1-8-5-6(9-7)2-3(6)4/h3,5H,2,4H2,1H3/p+1. The molecule has 6 heteroatoms. The quantitative estimate of drug-likeness (QED) is 0.192. The van der Waals surface area contributed by atoms with Gasteiger partial charge in [0.1, 0.15) is 0 Å². The monoisotopic (exact) mass is 136 g/mol. The third kappa shape index (κ3) is 1.04. The zero-order valence-corrected chi connectivity index (χ0v) is 5.07. The van der Waals surface area contributed by atoms with Crippen molar-refractivity contribution < 1.29 is 19.8 Å². The first-order chi connectivity index (χ1) is 4.25. The second kappa shape index (κ2) is 2.18. The Labute approximate surface area is 52.2 Å². The molecule has 0 spiro atoms. The number of rotatable bonds is 3. The predicted octanol–water partition coefficient (Wildman–Crippen LogP) is -1.43. The fourth-order valence-electron chi connectivity index (χ4n) is 0.601. The molecule has 2 atom stereocenters. The van der Waals surface area contributed by atoms with E-state index in [9.17, 15) is 0 Å². The van der Waals surface area contributed by atoms with Crippen LogP contribution in [0.25, 0.3) is 0 Å². The van der Waals surface area contributed by atoms with E-state index in [1.165, 1.54) is 7.11 Å². The zero-order valence-electron chi connectivity index (χ0n) is 5.07. The molecule has 1 heterocycles. The molecule has 9 heavy (non-hydrogen) atoms. The topological polar surface area (TPSA) is 76.7 Å². The van der Waals surface area contributed by atoms with E-state index in [4.69, 9.17) is 11.0 Å². The van der Waals surface area contributed by atoms with Gasteiger partial charge in [-0.1, -0.05) is 0 Å². The molecule has 0 aromatic heterocycles. The molecule has 0 aromatic carbocycles. The Hall–Kier alpha value is -0.240. The Morgan fingerprint density at radius 3 is 2.56 bits per heavy atom. The van der Waals surface area contributed by atoms with Gasteiger partial charge in [-0.2, -0.15) is 5.26 Å². The fraction of sp³-hybridized carbons (Fsp3) is 1.00. The van der Waals surface area contributed by atoms with Crippen molar-refractivity contribution in [2.24, 2.45) is 5.73 Å². The van der Waals surface area contributed by atoms with Gasteiger partial charge in [0.25, 0.3) is 0 Å². The highest BCUT2D eigenvalue weighted by molar-refractivity contribution is 4.55. The lowest BCUT2D eigenvalue weighted by Crippen LogP contribution is -2.43. The zero-order chi connectivity index (χ0) is 6.91. The number of quaternary nitrogens is 1. The van der Waals surface area contributed by atoms with Crippen LogP contribution in [0, 0.1) is 0 Å². The van der Waals surface area contributed by atoms with Crippen LogP contribution in [0.2, 0.25) is 0 Å². The van der Waals surface area contributed by atoms with E-state index < -0.39 is 0 Å². The second-order valence-corrected chi connectivity index (χ2v) is 1.92. The highest BCUT2D eigenvalue weighted by atomic mass is 17.2. The summed E-state index contributed by atoms with van der Waals surface area (Å²) in [6.07, 6.45) is -0.241. The molecule has 4 N–H and O–H groups in total. The van der Waals surface area contributed by atoms with Crippen molar-refractivity contribution in [1.29, 1.82) is 0 Å². The number of hydroxylamine groups is 2. The summed E-state index contributed by atoms with van der Waals surface area (Å²) < 4.78 is -0.240. The third-order valence-corrected chi connectivity index (χ3v) is 1.25. The minimum absolute atomic E-state index is 0.240. The summed E-state index contributed by atoms with van der Waals surface area (Å²) in [5.74, 6) is 0. The van der Waals surface area contributed by atoms with Crippen LogP contribution >= 0.6 is 0 Å². The van der Waals surface area contributed by atoms with E-state index in [0.29, 0.717) is 6.54 Å². The van der Waals surface area contributed by atoms with Crippen molar-refractivity contribution in [2.75, 3.05) is 13.7 Å². The number of hydrogen-bond donors (Lipinski definition) is 3. The molecule has 1 fully saturated rings. The Morgan fingerprint density at radius 2 is 2.44 bits per heavy atom. The average Bonchev–Trinajstić information content (AvgIpc) is 2.45. The summed E-state index contributed by atoms with van der Waals surface area (Å²) in [7, 11) is 1.42. The van der Waals surface area contributed by atoms with Crippen LogP contribution in [0.15, 0.2) is 0 Å². The van der Waals surface area contributed by atoms with Gasteiger partial charge in [-0.05, 0) is 15.3 Å². The predicted molar refractivity (Wildman–Crippen MR) is 27.0 cm³/mol. The van der Waals surface area contributed by atoms with Gasteiger partial charge in [-0.25, -0.2) is 0 Å². The van der Waals surface area contributed by atoms with Gasteiger partial charge in [0.15, 0.2) is 0 Å². The molecule has 0 radical (unpaired) electrons. The van der Waals surface area contributed by atoms with Gasteiger partial charge in [0.05, 0.1) is 7.11 Å². The van der Waals surface area contributed by atoms with Crippen molar-refractivity contribution in [1.82, 2.24) is 5.59 Å². The third-order valence-electron chi connectivity index (χ3n) is 1.25. The van der Waals surface area contributed by atoms with Gasteiger partial charge >= 0.3 is 0 Å². The number of hydrogen-bond acceptors (Lipinski definition) is 5. The largest absolute Gasteiger partial charge is 0.272 e. The van der Waals surface area contributed by atoms with Crippen LogP contribution in [0.3, 0.4) is 0 Å². The molecule has 1 aliphatic heterocycles. The fourth-order valence-corrected chi connectivity index (χ4v) is 0.601. The van der Waals surface area contributed by atoms with Gasteiger partial charge in [0.2, 0.25) is 12.7 Å². The van der Waals surface area contributed by atoms with E-state index in [1.807, 2.05) is 0 Å². The van der Waals surface area contributed by atoms with Crippen molar-refractivity contribution in [3.63, 3.8) is 0 Å². The van der Waals surface area contributed by atoms with E-state index in [0.717, 1.165) is 0 Å². The maximum atomic E-state index is 8.21. The minimum Gasteiger partial charge on any atom is -0.272 e. The van der Waals surface area contributed by atoms with Gasteiger partial charge in [-0.15, -0.1) is 0 Å². The molecule has 54 valence electrons. The van der Waals surface area contributed by atoms with E-state index in [2.05, 4.69) is 15.4 Å². The lowest BCUT2D eigenvalue weighted by atomic mass is 10.8. The SMILES string of the molecule is CON[N+]1(OO)CC1N. The van der Waals surface area contributed by atoms with Crippen LogP contribution < -0.4 is 11.3 Å². The van der Waals surface area contributed by atoms with Gasteiger partial charge < -0.3 is 0 Å². The first kappa shape index (κ1) is 6.87. The van der Waals surface area contributed by atoms with E-state index in [1.54, 1.807) is 0 Å². The lowest BCUT2D eigenvalue weighted by molar-refractivity contribution is -1.12. The summed E-state index contributed by atoms with van der Waals surface area (Å²) in [6.45, 7) is 0.504. The molecule has 0 amide bonds. The molecule has 6 nitrogen and oxygen atoms in total. The Kier molecular flexibility index (Phi) is 1.66. The number of nitrogens with zero attached hydrogens (tertiary/aromatic N) is 1. The smallest absolute Gasteiger partial charge is 0.249 e. The molecule has 0 aromatic rings. The van der Waals surface area contributed by atoms with E-state index >= 15 is 0 Å². The summed E-state index contributed by atoms with van der Waals surface area (Å²) in [6, 6.07) is 0. The second-order valence-electron chi connectivity index (χ2n) is 1.92. The highest BCUT2D eigenvalue weighted by Crippen LogP contribution is 2.21. The molecular formula is C3H10N3O3+. The summed E-state index contributed by atoms with van der Waals surface area (Å²) in [4.78, 5) is 8.47.